The lowest BCUT2D eigenvalue weighted by atomic mass is 10.1. The summed E-state index contributed by atoms with van der Waals surface area (Å²) in [7, 11) is 0. The van der Waals surface area contributed by atoms with Crippen LogP contribution in [0.25, 0.3) is 0 Å². The molecule has 1 unspecified atom stereocenters. The van der Waals surface area contributed by atoms with Crippen molar-refractivity contribution in [2.24, 2.45) is 0 Å². The first-order valence-electron chi connectivity index (χ1n) is 4.01. The summed E-state index contributed by atoms with van der Waals surface area (Å²) < 4.78 is -0.529. The van der Waals surface area contributed by atoms with Gasteiger partial charge in [-0.05, 0) is 12.8 Å². The Morgan fingerprint density at radius 1 is 1.42 bits per heavy atom. The van der Waals surface area contributed by atoms with Gasteiger partial charge in [-0.2, -0.15) is 0 Å². The molecule has 0 fully saturated rings. The van der Waals surface area contributed by atoms with Crippen LogP contribution in [0.3, 0.4) is 0 Å². The van der Waals surface area contributed by atoms with E-state index in [-0.39, 0.29) is 10.6 Å². The Hall–Kier alpha value is 1.11. The van der Waals surface area contributed by atoms with Crippen molar-refractivity contribution in [1.29, 1.82) is 0 Å². The topological polar surface area (TPSA) is 17.1 Å². The van der Waals surface area contributed by atoms with E-state index in [9.17, 15) is 4.79 Å². The molecular formula is C8H13Br3O. The van der Waals surface area contributed by atoms with E-state index in [0.717, 1.165) is 19.3 Å². The molecule has 0 saturated heterocycles. The summed E-state index contributed by atoms with van der Waals surface area (Å²) >= 11 is 10.1. The van der Waals surface area contributed by atoms with Crippen LogP contribution in [0.1, 0.15) is 33.1 Å². The van der Waals surface area contributed by atoms with Gasteiger partial charge in [-0.3, -0.25) is 4.79 Å². The summed E-state index contributed by atoms with van der Waals surface area (Å²) in [6.07, 6.45) is 2.61. The fourth-order valence-electron chi connectivity index (χ4n) is 0.852. The predicted molar refractivity (Wildman–Crippen MR) is 63.5 cm³/mol. The third kappa shape index (κ3) is 3.88. The highest BCUT2D eigenvalue weighted by Gasteiger charge is 2.34. The van der Waals surface area contributed by atoms with E-state index < -0.39 is 3.23 Å². The van der Waals surface area contributed by atoms with Crippen molar-refractivity contribution in [3.8, 4) is 0 Å². The molecular weight excluding hydrogens is 352 g/mol. The second-order valence-corrected chi connectivity index (χ2v) is 7.57. The van der Waals surface area contributed by atoms with Crippen LogP contribution in [0, 0.1) is 0 Å². The highest BCUT2D eigenvalue weighted by molar-refractivity contribution is 9.26. The standard InChI is InChI=1S/C8H13Br3O/c1-3-5-8(10,11)7(12)6(9)4-2/h6H,3-5H2,1-2H3. The van der Waals surface area contributed by atoms with Crippen molar-refractivity contribution in [3.63, 3.8) is 0 Å². The van der Waals surface area contributed by atoms with Gasteiger partial charge >= 0.3 is 0 Å². The summed E-state index contributed by atoms with van der Waals surface area (Å²) in [6.45, 7) is 4.04. The van der Waals surface area contributed by atoms with Crippen LogP contribution in [-0.2, 0) is 4.79 Å². The number of halogens is 3. The van der Waals surface area contributed by atoms with E-state index in [1.165, 1.54) is 0 Å². The van der Waals surface area contributed by atoms with E-state index in [4.69, 9.17) is 0 Å². The zero-order chi connectivity index (χ0) is 9.78. The Labute approximate surface area is 99.1 Å². The first kappa shape index (κ1) is 13.1. The van der Waals surface area contributed by atoms with Crippen molar-refractivity contribution in [1.82, 2.24) is 0 Å². The molecule has 0 aliphatic heterocycles. The largest absolute Gasteiger partial charge is 0.296 e. The predicted octanol–water partition coefficient (Wildman–Crippen LogP) is 4.02. The van der Waals surface area contributed by atoms with Crippen LogP contribution in [0.2, 0.25) is 0 Å². The Morgan fingerprint density at radius 2 is 1.92 bits per heavy atom. The molecule has 1 nitrogen and oxygen atoms in total. The van der Waals surface area contributed by atoms with Crippen LogP contribution in [0.5, 0.6) is 0 Å². The second kappa shape index (κ2) is 5.76. The average Bonchev–Trinajstić information content (AvgIpc) is 2.01. The SMILES string of the molecule is CCCC(Br)(Br)C(=O)C(Br)CC. The molecule has 0 N–H and O–H groups in total. The number of carbonyl (C=O) groups is 1. The number of ketones is 1. The van der Waals surface area contributed by atoms with Crippen molar-refractivity contribution >= 4 is 53.6 Å². The van der Waals surface area contributed by atoms with Crippen LogP contribution in [0.15, 0.2) is 0 Å². The Morgan fingerprint density at radius 3 is 2.25 bits per heavy atom. The number of hydrogen-bond donors (Lipinski definition) is 0. The molecule has 0 spiro atoms. The van der Waals surface area contributed by atoms with Crippen LogP contribution < -0.4 is 0 Å². The molecule has 0 radical (unpaired) electrons. The van der Waals surface area contributed by atoms with Gasteiger partial charge in [0, 0.05) is 0 Å². The molecule has 12 heavy (non-hydrogen) atoms. The summed E-state index contributed by atoms with van der Waals surface area (Å²) in [6, 6.07) is 0. The number of Topliss-reactive ketones (excluding diaryl/α,β-unsaturated/α-hetero) is 1. The smallest absolute Gasteiger partial charge is 0.173 e. The fraction of sp³-hybridized carbons (Fsp3) is 0.875. The molecule has 0 saturated carbocycles. The Balaban J connectivity index is 4.24. The van der Waals surface area contributed by atoms with Crippen LogP contribution in [-0.4, -0.2) is 13.8 Å². The van der Waals surface area contributed by atoms with Gasteiger partial charge in [-0.1, -0.05) is 68.1 Å². The second-order valence-electron chi connectivity index (χ2n) is 2.69. The minimum atomic E-state index is -0.529. The highest BCUT2D eigenvalue weighted by Crippen LogP contribution is 2.35. The summed E-state index contributed by atoms with van der Waals surface area (Å²) in [5.74, 6) is 0.173. The minimum absolute atomic E-state index is 0.0530. The molecule has 0 amide bonds. The lowest BCUT2D eigenvalue weighted by Gasteiger charge is -2.20. The maximum Gasteiger partial charge on any atom is 0.173 e. The first-order valence-corrected chi connectivity index (χ1v) is 6.52. The molecule has 1 atom stereocenters. The Bertz CT molecular complexity index is 156. The monoisotopic (exact) mass is 362 g/mol. The third-order valence-electron chi connectivity index (χ3n) is 1.57. The molecule has 0 heterocycles. The van der Waals surface area contributed by atoms with E-state index in [1.54, 1.807) is 0 Å². The minimum Gasteiger partial charge on any atom is -0.296 e. The van der Waals surface area contributed by atoms with Gasteiger partial charge in [-0.25, -0.2) is 0 Å². The van der Waals surface area contributed by atoms with Crippen molar-refractivity contribution < 1.29 is 4.79 Å². The van der Waals surface area contributed by atoms with E-state index >= 15 is 0 Å². The molecule has 0 bridgehead atoms. The quantitative estimate of drug-likeness (QED) is 0.673. The van der Waals surface area contributed by atoms with E-state index in [2.05, 4.69) is 54.7 Å². The third-order valence-corrected chi connectivity index (χ3v) is 4.21. The van der Waals surface area contributed by atoms with E-state index in [0.29, 0.717) is 0 Å². The molecule has 0 rings (SSSR count). The summed E-state index contributed by atoms with van der Waals surface area (Å²) in [4.78, 5) is 11.6. The van der Waals surface area contributed by atoms with Gasteiger partial charge in [0.2, 0.25) is 0 Å². The number of alkyl halides is 3. The molecule has 0 aromatic carbocycles. The van der Waals surface area contributed by atoms with Gasteiger partial charge in [-0.15, -0.1) is 0 Å². The van der Waals surface area contributed by atoms with Crippen molar-refractivity contribution in [3.05, 3.63) is 0 Å². The van der Waals surface area contributed by atoms with Crippen molar-refractivity contribution in [2.45, 2.75) is 41.2 Å². The molecule has 72 valence electrons. The number of rotatable bonds is 5. The van der Waals surface area contributed by atoms with Crippen LogP contribution in [0.4, 0.5) is 0 Å². The molecule has 0 aliphatic rings. The van der Waals surface area contributed by atoms with Gasteiger partial charge in [0.15, 0.2) is 5.78 Å². The zero-order valence-corrected chi connectivity index (χ0v) is 12.0. The normalized spacial score (nSPS) is 14.4. The molecule has 0 aromatic rings. The maximum absolute atomic E-state index is 11.6. The van der Waals surface area contributed by atoms with E-state index in [1.807, 2.05) is 6.92 Å². The summed E-state index contributed by atoms with van der Waals surface area (Å²) in [5.41, 5.74) is 0. The lowest BCUT2D eigenvalue weighted by Crippen LogP contribution is -2.31. The van der Waals surface area contributed by atoms with Gasteiger partial charge in [0.1, 0.15) is 3.23 Å². The highest BCUT2D eigenvalue weighted by atomic mass is 79.9. The van der Waals surface area contributed by atoms with Gasteiger partial charge in [0.05, 0.1) is 4.83 Å². The van der Waals surface area contributed by atoms with Gasteiger partial charge < -0.3 is 0 Å². The zero-order valence-electron chi connectivity index (χ0n) is 7.24. The summed E-state index contributed by atoms with van der Waals surface area (Å²) in [5, 5.41) is 0. The lowest BCUT2D eigenvalue weighted by molar-refractivity contribution is -0.118. The average molecular weight is 365 g/mol. The Kier molecular flexibility index (Phi) is 6.29. The first-order chi connectivity index (χ1) is 5.45. The fourth-order valence-corrected chi connectivity index (χ4v) is 3.20. The number of carbonyl (C=O) groups excluding carboxylic acids is 1. The molecule has 4 heteroatoms. The van der Waals surface area contributed by atoms with Gasteiger partial charge in [0.25, 0.3) is 0 Å². The molecule has 0 aliphatic carbocycles. The molecule has 0 aromatic heterocycles. The maximum atomic E-state index is 11.6. The van der Waals surface area contributed by atoms with Crippen LogP contribution >= 0.6 is 47.8 Å². The number of hydrogen-bond acceptors (Lipinski definition) is 1. The van der Waals surface area contributed by atoms with Crippen molar-refractivity contribution in [2.75, 3.05) is 0 Å².